The number of benzene rings is 2. The summed E-state index contributed by atoms with van der Waals surface area (Å²) in [6.07, 6.45) is -1.59. The lowest BCUT2D eigenvalue weighted by Gasteiger charge is -2.14. The van der Waals surface area contributed by atoms with E-state index in [1.807, 2.05) is 6.92 Å². The molecule has 27 heavy (non-hydrogen) atoms. The number of ether oxygens (including phenoxy) is 1. The van der Waals surface area contributed by atoms with E-state index in [2.05, 4.69) is 5.32 Å². The van der Waals surface area contributed by atoms with Crippen LogP contribution in [0.15, 0.2) is 53.4 Å². The number of anilines is 1. The lowest BCUT2D eigenvalue weighted by Crippen LogP contribution is -2.30. The number of carbonyl (C=O) groups excluding carboxylic acids is 2. The molecule has 1 N–H and O–H groups in total. The van der Waals surface area contributed by atoms with Crippen LogP contribution in [0.25, 0.3) is 0 Å². The standard InChI is InChI=1S/C19H20FNO5S/c1-13-7-9-15(10-8-13)27(24,25)12-11-18(22)26-14(2)19(23)21-17-6-4-3-5-16(17)20/h3-10,14H,11-12H2,1-2H3,(H,21,23)/t14-/m0/s1. The Kier molecular flexibility index (Phi) is 6.68. The fourth-order valence-electron chi connectivity index (χ4n) is 2.19. The van der Waals surface area contributed by atoms with Crippen LogP contribution in [0.3, 0.4) is 0 Å². The quantitative estimate of drug-likeness (QED) is 0.731. The molecule has 0 heterocycles. The Labute approximate surface area is 157 Å². The summed E-state index contributed by atoms with van der Waals surface area (Å²) in [5, 5.41) is 2.31. The van der Waals surface area contributed by atoms with Gasteiger partial charge in [-0.2, -0.15) is 0 Å². The summed E-state index contributed by atoms with van der Waals surface area (Å²) in [4.78, 5) is 24.0. The van der Waals surface area contributed by atoms with Gasteiger partial charge in [-0.1, -0.05) is 29.8 Å². The molecule has 2 aromatic carbocycles. The topological polar surface area (TPSA) is 89.5 Å². The van der Waals surface area contributed by atoms with E-state index in [4.69, 9.17) is 4.74 Å². The van der Waals surface area contributed by atoms with Crippen molar-refractivity contribution in [3.63, 3.8) is 0 Å². The number of aryl methyl sites for hydroxylation is 1. The summed E-state index contributed by atoms with van der Waals surface area (Å²) >= 11 is 0. The minimum atomic E-state index is -3.63. The number of hydrogen-bond donors (Lipinski definition) is 1. The summed E-state index contributed by atoms with van der Waals surface area (Å²) in [5.41, 5.74) is 0.885. The van der Waals surface area contributed by atoms with Crippen molar-refractivity contribution >= 4 is 27.4 Å². The Hall–Kier alpha value is -2.74. The molecule has 1 atom stereocenters. The first-order valence-electron chi connectivity index (χ1n) is 8.23. The van der Waals surface area contributed by atoms with Crippen molar-refractivity contribution < 1.29 is 27.1 Å². The zero-order valence-electron chi connectivity index (χ0n) is 14.9. The van der Waals surface area contributed by atoms with Gasteiger partial charge in [-0.05, 0) is 38.1 Å². The van der Waals surface area contributed by atoms with Crippen molar-refractivity contribution in [2.24, 2.45) is 0 Å². The molecule has 6 nitrogen and oxygen atoms in total. The van der Waals surface area contributed by atoms with Gasteiger partial charge in [-0.15, -0.1) is 0 Å². The van der Waals surface area contributed by atoms with E-state index in [1.165, 1.54) is 37.3 Å². The maximum atomic E-state index is 13.5. The normalized spacial score (nSPS) is 12.3. The van der Waals surface area contributed by atoms with Gasteiger partial charge in [0.15, 0.2) is 15.9 Å². The van der Waals surface area contributed by atoms with E-state index in [-0.39, 0.29) is 10.6 Å². The number of carbonyl (C=O) groups is 2. The predicted molar refractivity (Wildman–Crippen MR) is 98.4 cm³/mol. The first-order valence-corrected chi connectivity index (χ1v) is 9.88. The maximum Gasteiger partial charge on any atom is 0.307 e. The van der Waals surface area contributed by atoms with Gasteiger partial charge in [-0.3, -0.25) is 9.59 Å². The third-order valence-electron chi connectivity index (χ3n) is 3.76. The van der Waals surface area contributed by atoms with E-state index in [0.29, 0.717) is 0 Å². The first-order chi connectivity index (χ1) is 12.7. The second-order valence-electron chi connectivity index (χ2n) is 5.98. The second-order valence-corrected chi connectivity index (χ2v) is 8.09. The number of nitrogens with one attached hydrogen (secondary N) is 1. The lowest BCUT2D eigenvalue weighted by molar-refractivity contribution is -0.152. The van der Waals surface area contributed by atoms with Gasteiger partial charge in [0, 0.05) is 0 Å². The molecule has 0 spiro atoms. The minimum absolute atomic E-state index is 0.0349. The second kappa shape index (κ2) is 8.77. The van der Waals surface area contributed by atoms with Gasteiger partial charge >= 0.3 is 5.97 Å². The van der Waals surface area contributed by atoms with Gasteiger partial charge in [0.05, 0.1) is 22.8 Å². The van der Waals surface area contributed by atoms with Crippen LogP contribution in [-0.4, -0.2) is 32.2 Å². The molecule has 8 heteroatoms. The molecule has 0 saturated carbocycles. The Morgan fingerprint density at radius 1 is 1.11 bits per heavy atom. The predicted octanol–water partition coefficient (Wildman–Crippen LogP) is 2.87. The van der Waals surface area contributed by atoms with E-state index in [9.17, 15) is 22.4 Å². The number of rotatable bonds is 7. The van der Waals surface area contributed by atoms with Crippen LogP contribution >= 0.6 is 0 Å². The van der Waals surface area contributed by atoms with E-state index in [0.717, 1.165) is 5.56 Å². The van der Waals surface area contributed by atoms with Gasteiger partial charge < -0.3 is 10.1 Å². The van der Waals surface area contributed by atoms with Crippen LogP contribution in [0.4, 0.5) is 10.1 Å². The van der Waals surface area contributed by atoms with Gasteiger partial charge in [0.25, 0.3) is 5.91 Å². The molecule has 144 valence electrons. The third-order valence-corrected chi connectivity index (χ3v) is 5.50. The molecule has 0 aliphatic rings. The fourth-order valence-corrected chi connectivity index (χ4v) is 3.41. The van der Waals surface area contributed by atoms with Gasteiger partial charge in [0.1, 0.15) is 5.82 Å². The van der Waals surface area contributed by atoms with Crippen molar-refractivity contribution in [3.05, 3.63) is 59.9 Å². The summed E-state index contributed by atoms with van der Waals surface area (Å²) in [6, 6.07) is 11.9. The van der Waals surface area contributed by atoms with E-state index >= 15 is 0 Å². The monoisotopic (exact) mass is 393 g/mol. The molecule has 0 saturated heterocycles. The number of sulfone groups is 1. The van der Waals surface area contributed by atoms with Crippen LogP contribution in [-0.2, 0) is 24.2 Å². The van der Waals surface area contributed by atoms with E-state index < -0.39 is 45.8 Å². The molecule has 0 radical (unpaired) electrons. The third kappa shape index (κ3) is 5.89. The number of esters is 1. The highest BCUT2D eigenvalue weighted by Crippen LogP contribution is 2.15. The molecule has 0 aromatic heterocycles. The first kappa shape index (κ1) is 20.6. The molecular formula is C19H20FNO5S. The Morgan fingerprint density at radius 2 is 1.74 bits per heavy atom. The Bertz CT molecular complexity index is 925. The summed E-state index contributed by atoms with van der Waals surface area (Å²) < 4.78 is 42.9. The molecule has 0 unspecified atom stereocenters. The number of halogens is 1. The van der Waals surface area contributed by atoms with Crippen LogP contribution < -0.4 is 5.32 Å². The van der Waals surface area contributed by atoms with Crippen LogP contribution in [0.1, 0.15) is 18.9 Å². The van der Waals surface area contributed by atoms with Crippen molar-refractivity contribution in [2.75, 3.05) is 11.1 Å². The molecule has 0 bridgehead atoms. The molecule has 1 amide bonds. The molecular weight excluding hydrogens is 373 g/mol. The zero-order chi connectivity index (χ0) is 20.0. The van der Waals surface area contributed by atoms with Gasteiger partial charge in [0.2, 0.25) is 0 Å². The number of hydrogen-bond acceptors (Lipinski definition) is 5. The van der Waals surface area contributed by atoms with Crippen LogP contribution in [0, 0.1) is 12.7 Å². The highest BCUT2D eigenvalue weighted by molar-refractivity contribution is 7.91. The molecule has 0 aliphatic carbocycles. The van der Waals surface area contributed by atoms with Crippen molar-refractivity contribution in [1.82, 2.24) is 0 Å². The SMILES string of the molecule is Cc1ccc(S(=O)(=O)CCC(=O)O[C@@H](C)C(=O)Nc2ccccc2F)cc1. The Morgan fingerprint density at radius 3 is 2.37 bits per heavy atom. The average molecular weight is 393 g/mol. The average Bonchev–Trinajstić information content (AvgIpc) is 2.62. The lowest BCUT2D eigenvalue weighted by atomic mass is 10.2. The molecule has 2 aromatic rings. The largest absolute Gasteiger partial charge is 0.453 e. The fraction of sp³-hybridized carbons (Fsp3) is 0.263. The van der Waals surface area contributed by atoms with Crippen LogP contribution in [0.2, 0.25) is 0 Å². The van der Waals surface area contributed by atoms with E-state index in [1.54, 1.807) is 18.2 Å². The van der Waals surface area contributed by atoms with Gasteiger partial charge in [-0.25, -0.2) is 12.8 Å². The molecule has 2 rings (SSSR count). The Balaban J connectivity index is 1.88. The van der Waals surface area contributed by atoms with Crippen molar-refractivity contribution in [3.8, 4) is 0 Å². The van der Waals surface area contributed by atoms with Crippen molar-refractivity contribution in [2.45, 2.75) is 31.3 Å². The smallest absolute Gasteiger partial charge is 0.307 e. The maximum absolute atomic E-state index is 13.5. The number of amides is 1. The molecule has 0 fully saturated rings. The highest BCUT2D eigenvalue weighted by Gasteiger charge is 2.21. The molecule has 0 aliphatic heterocycles. The summed E-state index contributed by atoms with van der Waals surface area (Å²) in [6.45, 7) is 3.16. The van der Waals surface area contributed by atoms with Crippen molar-refractivity contribution in [1.29, 1.82) is 0 Å². The zero-order valence-corrected chi connectivity index (χ0v) is 15.8. The van der Waals surface area contributed by atoms with Crippen LogP contribution in [0.5, 0.6) is 0 Å². The minimum Gasteiger partial charge on any atom is -0.453 e. The highest BCUT2D eigenvalue weighted by atomic mass is 32.2. The summed E-state index contributed by atoms with van der Waals surface area (Å²) in [7, 11) is -3.63. The summed E-state index contributed by atoms with van der Waals surface area (Å²) in [5.74, 6) is -2.60. The number of para-hydroxylation sites is 1.